The summed E-state index contributed by atoms with van der Waals surface area (Å²) in [5, 5.41) is 3.72. The number of carbonyl (C=O) groups excluding carboxylic acids is 2. The summed E-state index contributed by atoms with van der Waals surface area (Å²) >= 11 is 6.01. The number of amides is 2. The minimum atomic E-state index is -0.568. The van der Waals surface area contributed by atoms with Gasteiger partial charge >= 0.3 is 0 Å². The summed E-state index contributed by atoms with van der Waals surface area (Å²) in [4.78, 5) is 27.9. The van der Waals surface area contributed by atoms with Gasteiger partial charge in [0.05, 0.1) is 0 Å². The molecule has 0 bridgehead atoms. The fourth-order valence-electron chi connectivity index (χ4n) is 3.14. The molecular weight excluding hydrogens is 384 g/mol. The first-order valence-electron chi connectivity index (χ1n) is 10.3. The van der Waals surface area contributed by atoms with E-state index in [1.165, 1.54) is 0 Å². The lowest BCUT2D eigenvalue weighted by atomic mass is 10.0. The summed E-state index contributed by atoms with van der Waals surface area (Å²) < 4.78 is 0. The van der Waals surface area contributed by atoms with Crippen molar-refractivity contribution in [3.63, 3.8) is 0 Å². The molecule has 0 fully saturated rings. The number of rotatable bonds is 10. The molecule has 5 heteroatoms. The lowest BCUT2D eigenvalue weighted by Gasteiger charge is -2.32. The Morgan fingerprint density at radius 1 is 1.00 bits per heavy atom. The SMILES string of the molecule is CCCC(=O)N(Cc1ccc(Cl)cc1)C(Cc1ccccc1)C(=O)NC(C)CC. The third-order valence-corrected chi connectivity index (χ3v) is 5.25. The molecule has 2 unspecified atom stereocenters. The second kappa shape index (κ2) is 11.6. The predicted octanol–water partition coefficient (Wildman–Crippen LogP) is 4.99. The Bertz CT molecular complexity index is 777. The predicted molar refractivity (Wildman–Crippen MR) is 119 cm³/mol. The zero-order chi connectivity index (χ0) is 21.2. The molecule has 4 nitrogen and oxygen atoms in total. The van der Waals surface area contributed by atoms with Crippen LogP contribution in [0, 0.1) is 0 Å². The molecule has 2 atom stereocenters. The highest BCUT2D eigenvalue weighted by Gasteiger charge is 2.30. The van der Waals surface area contributed by atoms with Gasteiger partial charge in [-0.15, -0.1) is 0 Å². The van der Waals surface area contributed by atoms with E-state index in [1.54, 1.807) is 4.90 Å². The third kappa shape index (κ3) is 7.21. The van der Waals surface area contributed by atoms with Crippen molar-refractivity contribution in [3.05, 3.63) is 70.7 Å². The molecule has 156 valence electrons. The van der Waals surface area contributed by atoms with Gasteiger partial charge in [-0.2, -0.15) is 0 Å². The van der Waals surface area contributed by atoms with Crippen molar-refractivity contribution in [3.8, 4) is 0 Å². The van der Waals surface area contributed by atoms with Crippen LogP contribution in [0.3, 0.4) is 0 Å². The maximum atomic E-state index is 13.2. The van der Waals surface area contributed by atoms with Crippen LogP contribution >= 0.6 is 11.6 Å². The van der Waals surface area contributed by atoms with Gasteiger partial charge in [-0.05, 0) is 43.0 Å². The van der Waals surface area contributed by atoms with Crippen molar-refractivity contribution < 1.29 is 9.59 Å². The molecule has 0 saturated carbocycles. The van der Waals surface area contributed by atoms with Gasteiger partial charge < -0.3 is 10.2 Å². The van der Waals surface area contributed by atoms with Gasteiger partial charge in [-0.25, -0.2) is 0 Å². The normalized spacial score (nSPS) is 12.8. The van der Waals surface area contributed by atoms with Gasteiger partial charge in [-0.3, -0.25) is 9.59 Å². The molecule has 0 heterocycles. The van der Waals surface area contributed by atoms with Gasteiger partial charge in [0.25, 0.3) is 0 Å². The van der Waals surface area contributed by atoms with Gasteiger partial charge in [0.15, 0.2) is 0 Å². The van der Waals surface area contributed by atoms with Crippen LogP contribution in [0.5, 0.6) is 0 Å². The first-order valence-corrected chi connectivity index (χ1v) is 10.7. The summed E-state index contributed by atoms with van der Waals surface area (Å²) in [5.74, 6) is -0.121. The molecule has 2 aromatic rings. The second-order valence-electron chi connectivity index (χ2n) is 7.42. The Balaban J connectivity index is 2.35. The number of hydrogen-bond acceptors (Lipinski definition) is 2. The number of carbonyl (C=O) groups is 2. The summed E-state index contributed by atoms with van der Waals surface area (Å²) in [6.45, 7) is 6.37. The van der Waals surface area contributed by atoms with E-state index in [4.69, 9.17) is 11.6 Å². The van der Waals surface area contributed by atoms with E-state index in [2.05, 4.69) is 5.32 Å². The fraction of sp³-hybridized carbons (Fsp3) is 0.417. The molecule has 2 rings (SSSR count). The number of nitrogens with one attached hydrogen (secondary N) is 1. The molecule has 29 heavy (non-hydrogen) atoms. The lowest BCUT2D eigenvalue weighted by molar-refractivity contribution is -0.141. The standard InChI is InChI=1S/C24H31ClN2O2/c1-4-9-23(28)27(17-20-12-14-21(25)15-13-20)22(24(29)26-18(3)5-2)16-19-10-7-6-8-11-19/h6-8,10-15,18,22H,4-5,9,16-17H2,1-3H3,(H,26,29). The van der Waals surface area contributed by atoms with Crippen molar-refractivity contribution in [1.82, 2.24) is 10.2 Å². The van der Waals surface area contributed by atoms with E-state index >= 15 is 0 Å². The van der Waals surface area contributed by atoms with Crippen molar-refractivity contribution >= 4 is 23.4 Å². The topological polar surface area (TPSA) is 49.4 Å². The van der Waals surface area contributed by atoms with Crippen LogP contribution in [0.25, 0.3) is 0 Å². The molecule has 0 radical (unpaired) electrons. The zero-order valence-electron chi connectivity index (χ0n) is 17.5. The molecule has 2 amide bonds. The van der Waals surface area contributed by atoms with E-state index in [1.807, 2.05) is 75.4 Å². The smallest absolute Gasteiger partial charge is 0.243 e. The molecule has 0 aliphatic carbocycles. The van der Waals surface area contributed by atoms with Crippen LogP contribution in [0.2, 0.25) is 5.02 Å². The molecule has 0 aromatic heterocycles. The van der Waals surface area contributed by atoms with E-state index in [9.17, 15) is 9.59 Å². The first-order chi connectivity index (χ1) is 13.9. The van der Waals surface area contributed by atoms with E-state index in [0.29, 0.717) is 24.4 Å². The molecule has 2 aromatic carbocycles. The average Bonchev–Trinajstić information content (AvgIpc) is 2.72. The maximum absolute atomic E-state index is 13.2. The molecule has 1 N–H and O–H groups in total. The van der Waals surface area contributed by atoms with Crippen LogP contribution in [-0.2, 0) is 22.6 Å². The van der Waals surface area contributed by atoms with E-state index in [-0.39, 0.29) is 17.9 Å². The largest absolute Gasteiger partial charge is 0.352 e. The maximum Gasteiger partial charge on any atom is 0.243 e. The quantitative estimate of drug-likeness (QED) is 0.595. The first kappa shape index (κ1) is 23.0. The number of nitrogens with zero attached hydrogens (tertiary/aromatic N) is 1. The Morgan fingerprint density at radius 2 is 1.66 bits per heavy atom. The Labute approximate surface area is 179 Å². The minimum Gasteiger partial charge on any atom is -0.352 e. The fourth-order valence-corrected chi connectivity index (χ4v) is 3.27. The van der Waals surface area contributed by atoms with E-state index in [0.717, 1.165) is 24.0 Å². The highest BCUT2D eigenvalue weighted by Crippen LogP contribution is 2.18. The van der Waals surface area contributed by atoms with Crippen molar-refractivity contribution in [2.75, 3.05) is 0 Å². The van der Waals surface area contributed by atoms with Gasteiger partial charge in [0.1, 0.15) is 6.04 Å². The Kier molecular flexibility index (Phi) is 9.20. The Hall–Kier alpha value is -2.33. The molecular formula is C24H31ClN2O2. The number of benzene rings is 2. The van der Waals surface area contributed by atoms with Crippen LogP contribution in [-0.4, -0.2) is 28.8 Å². The summed E-state index contributed by atoms with van der Waals surface area (Å²) in [5.41, 5.74) is 1.98. The van der Waals surface area contributed by atoms with Crippen LogP contribution < -0.4 is 5.32 Å². The second-order valence-corrected chi connectivity index (χ2v) is 7.86. The van der Waals surface area contributed by atoms with Crippen LogP contribution in [0.15, 0.2) is 54.6 Å². The average molecular weight is 415 g/mol. The Morgan fingerprint density at radius 3 is 2.24 bits per heavy atom. The summed E-state index contributed by atoms with van der Waals surface area (Å²) in [7, 11) is 0. The molecule has 0 spiro atoms. The highest BCUT2D eigenvalue weighted by molar-refractivity contribution is 6.30. The van der Waals surface area contributed by atoms with Crippen LogP contribution in [0.4, 0.5) is 0 Å². The van der Waals surface area contributed by atoms with E-state index < -0.39 is 6.04 Å². The summed E-state index contributed by atoms with van der Waals surface area (Å²) in [6, 6.07) is 16.8. The third-order valence-electron chi connectivity index (χ3n) is 5.00. The minimum absolute atomic E-state index is 0.0114. The van der Waals surface area contributed by atoms with Crippen molar-refractivity contribution in [2.45, 2.75) is 65.1 Å². The zero-order valence-corrected chi connectivity index (χ0v) is 18.3. The van der Waals surface area contributed by atoms with Crippen molar-refractivity contribution in [2.24, 2.45) is 0 Å². The number of hydrogen-bond donors (Lipinski definition) is 1. The van der Waals surface area contributed by atoms with Gasteiger partial charge in [0, 0.05) is 30.5 Å². The monoisotopic (exact) mass is 414 g/mol. The highest BCUT2D eigenvalue weighted by atomic mass is 35.5. The van der Waals surface area contributed by atoms with Gasteiger partial charge in [-0.1, -0.05) is 67.9 Å². The molecule has 0 aliphatic rings. The molecule has 0 saturated heterocycles. The van der Waals surface area contributed by atoms with Gasteiger partial charge in [0.2, 0.25) is 11.8 Å². The van der Waals surface area contributed by atoms with Crippen molar-refractivity contribution in [1.29, 1.82) is 0 Å². The van der Waals surface area contributed by atoms with Crippen LogP contribution in [0.1, 0.15) is 51.2 Å². The lowest BCUT2D eigenvalue weighted by Crippen LogP contribution is -2.52. The molecule has 0 aliphatic heterocycles. The number of halogens is 1. The summed E-state index contributed by atoms with van der Waals surface area (Å²) in [6.07, 6.45) is 2.46.